The smallest absolute Gasteiger partial charge is 0.213 e. The lowest BCUT2D eigenvalue weighted by Gasteiger charge is -2.46. The third-order valence-corrected chi connectivity index (χ3v) is 8.45. The van der Waals surface area contributed by atoms with Gasteiger partial charge < -0.3 is 14.2 Å². The Bertz CT molecular complexity index is 1190. The molecular formula is C28H36FN5O2. The summed E-state index contributed by atoms with van der Waals surface area (Å²) in [4.78, 5) is 12.2. The fourth-order valence-electron chi connectivity index (χ4n) is 6.29. The number of likely N-dealkylation sites (tertiary alicyclic amines) is 1. The van der Waals surface area contributed by atoms with Crippen molar-refractivity contribution in [2.24, 2.45) is 5.92 Å². The Balaban J connectivity index is 1.02. The summed E-state index contributed by atoms with van der Waals surface area (Å²) >= 11 is 0. The van der Waals surface area contributed by atoms with E-state index in [4.69, 9.17) is 14.2 Å². The van der Waals surface area contributed by atoms with Crippen LogP contribution in [0.5, 0.6) is 5.88 Å². The molecule has 4 atom stereocenters. The maximum atomic E-state index is 13.8. The highest BCUT2D eigenvalue weighted by molar-refractivity contribution is 5.88. The SMILES string of the molecule is C[C@@H]1CC[C@@H](C)N1Cc1cccc(OC[C@@H]2CC[C@H]3CN(c4noc5ccc(F)cc45)CCN3C2)n1. The number of piperazine rings is 1. The lowest BCUT2D eigenvalue weighted by Crippen LogP contribution is -2.57. The van der Waals surface area contributed by atoms with E-state index < -0.39 is 0 Å². The molecule has 6 rings (SSSR count). The molecule has 1 aromatic carbocycles. The first-order valence-electron chi connectivity index (χ1n) is 13.4. The molecule has 0 N–H and O–H groups in total. The summed E-state index contributed by atoms with van der Waals surface area (Å²) in [6, 6.07) is 12.5. The van der Waals surface area contributed by atoms with Gasteiger partial charge in [-0.25, -0.2) is 9.37 Å². The molecule has 7 nitrogen and oxygen atoms in total. The maximum absolute atomic E-state index is 13.8. The molecule has 0 saturated carbocycles. The molecule has 192 valence electrons. The first-order chi connectivity index (χ1) is 17.5. The van der Waals surface area contributed by atoms with Crippen LogP contribution in [0.4, 0.5) is 10.2 Å². The van der Waals surface area contributed by atoms with Gasteiger partial charge in [-0.05, 0) is 63.8 Å². The Hall–Kier alpha value is -2.71. The molecule has 3 aromatic rings. The van der Waals surface area contributed by atoms with Crippen molar-refractivity contribution < 1.29 is 13.7 Å². The van der Waals surface area contributed by atoms with E-state index in [1.165, 1.54) is 25.0 Å². The third kappa shape index (κ3) is 4.81. The summed E-state index contributed by atoms with van der Waals surface area (Å²) in [5.74, 6) is 1.74. The second-order valence-electron chi connectivity index (χ2n) is 10.9. The van der Waals surface area contributed by atoms with E-state index in [2.05, 4.69) is 45.8 Å². The number of nitrogens with zero attached hydrogens (tertiary/aromatic N) is 5. The third-order valence-electron chi connectivity index (χ3n) is 8.45. The number of piperidine rings is 1. The topological polar surface area (TPSA) is 57.9 Å². The zero-order valence-electron chi connectivity index (χ0n) is 21.3. The number of fused-ring (bicyclic) bond motifs is 2. The van der Waals surface area contributed by atoms with E-state index in [-0.39, 0.29) is 5.82 Å². The van der Waals surface area contributed by atoms with Gasteiger partial charge in [-0.3, -0.25) is 9.80 Å². The highest BCUT2D eigenvalue weighted by atomic mass is 19.1. The van der Waals surface area contributed by atoms with Gasteiger partial charge in [-0.15, -0.1) is 0 Å². The summed E-state index contributed by atoms with van der Waals surface area (Å²) < 4.78 is 25.4. The van der Waals surface area contributed by atoms with E-state index in [1.54, 1.807) is 6.07 Å². The van der Waals surface area contributed by atoms with Crippen molar-refractivity contribution >= 4 is 16.8 Å². The second-order valence-corrected chi connectivity index (χ2v) is 10.9. The minimum atomic E-state index is -0.258. The number of anilines is 1. The van der Waals surface area contributed by atoms with Crippen molar-refractivity contribution in [3.8, 4) is 5.88 Å². The molecule has 0 radical (unpaired) electrons. The summed E-state index contributed by atoms with van der Waals surface area (Å²) in [5.41, 5.74) is 1.73. The molecule has 3 fully saturated rings. The number of hydrogen-bond acceptors (Lipinski definition) is 7. The number of hydrogen-bond donors (Lipinski definition) is 0. The van der Waals surface area contributed by atoms with Crippen LogP contribution in [-0.2, 0) is 6.54 Å². The van der Waals surface area contributed by atoms with Gasteiger partial charge in [0.25, 0.3) is 0 Å². The molecule has 8 heteroatoms. The number of benzene rings is 1. The molecule has 2 aromatic heterocycles. The van der Waals surface area contributed by atoms with Crippen LogP contribution >= 0.6 is 0 Å². The van der Waals surface area contributed by atoms with Crippen LogP contribution in [0.15, 0.2) is 40.9 Å². The summed E-state index contributed by atoms with van der Waals surface area (Å²) in [6.07, 6.45) is 4.78. The summed E-state index contributed by atoms with van der Waals surface area (Å²) in [5, 5.41) is 5.02. The number of pyridine rings is 1. The predicted molar refractivity (Wildman–Crippen MR) is 138 cm³/mol. The summed E-state index contributed by atoms with van der Waals surface area (Å²) in [7, 11) is 0. The Morgan fingerprint density at radius 2 is 1.89 bits per heavy atom. The van der Waals surface area contributed by atoms with Crippen LogP contribution in [0.25, 0.3) is 11.0 Å². The maximum Gasteiger partial charge on any atom is 0.213 e. The van der Waals surface area contributed by atoms with E-state index in [1.807, 2.05) is 6.07 Å². The van der Waals surface area contributed by atoms with Gasteiger partial charge in [0.2, 0.25) is 5.88 Å². The van der Waals surface area contributed by atoms with Crippen molar-refractivity contribution in [2.45, 2.75) is 64.2 Å². The predicted octanol–water partition coefficient (Wildman–Crippen LogP) is 4.71. The molecule has 3 aliphatic rings. The zero-order valence-corrected chi connectivity index (χ0v) is 21.3. The van der Waals surface area contributed by atoms with Crippen LogP contribution in [0.3, 0.4) is 0 Å². The number of halogens is 1. The second kappa shape index (κ2) is 9.98. The van der Waals surface area contributed by atoms with Crippen LogP contribution in [0.2, 0.25) is 0 Å². The highest BCUT2D eigenvalue weighted by Crippen LogP contribution is 2.32. The Kier molecular flexibility index (Phi) is 6.56. The molecule has 0 aliphatic carbocycles. The molecular weight excluding hydrogens is 457 g/mol. The number of rotatable bonds is 6. The zero-order chi connectivity index (χ0) is 24.6. The first-order valence-corrected chi connectivity index (χ1v) is 13.4. The lowest BCUT2D eigenvalue weighted by molar-refractivity contribution is 0.0715. The molecule has 0 unspecified atom stereocenters. The number of aromatic nitrogens is 2. The minimum absolute atomic E-state index is 0.258. The Morgan fingerprint density at radius 3 is 2.75 bits per heavy atom. The molecule has 0 bridgehead atoms. The van der Waals surface area contributed by atoms with Gasteiger partial charge in [0, 0.05) is 62.8 Å². The number of ether oxygens (including phenoxy) is 1. The van der Waals surface area contributed by atoms with Crippen molar-refractivity contribution in [1.82, 2.24) is 19.9 Å². The molecule has 5 heterocycles. The van der Waals surface area contributed by atoms with E-state index in [0.717, 1.165) is 68.3 Å². The lowest BCUT2D eigenvalue weighted by atomic mass is 9.91. The summed E-state index contributed by atoms with van der Waals surface area (Å²) in [6.45, 7) is 9.97. The van der Waals surface area contributed by atoms with Crippen molar-refractivity contribution in [2.75, 3.05) is 37.7 Å². The molecule has 0 spiro atoms. The van der Waals surface area contributed by atoms with Crippen LogP contribution in [0, 0.1) is 11.7 Å². The highest BCUT2D eigenvalue weighted by Gasteiger charge is 2.34. The van der Waals surface area contributed by atoms with Gasteiger partial charge in [0.05, 0.1) is 17.7 Å². The van der Waals surface area contributed by atoms with E-state index in [9.17, 15) is 4.39 Å². The quantitative estimate of drug-likeness (QED) is 0.493. The standard InChI is InChI=1S/C28H36FN5O2/c1-19-6-7-20(2)34(19)16-23-4-3-5-27(30-23)35-18-21-8-10-24-17-33(13-12-32(24)15-21)28-25-14-22(29)9-11-26(25)36-31-28/h3-5,9,11,14,19-21,24H,6-8,10,12-13,15-18H2,1-2H3/t19-,20-,21-,24+/m1/s1. The van der Waals surface area contributed by atoms with Gasteiger partial charge >= 0.3 is 0 Å². The van der Waals surface area contributed by atoms with Crippen LogP contribution in [0.1, 0.15) is 45.2 Å². The van der Waals surface area contributed by atoms with Crippen molar-refractivity contribution in [1.29, 1.82) is 0 Å². The van der Waals surface area contributed by atoms with E-state index >= 15 is 0 Å². The molecule has 3 saturated heterocycles. The van der Waals surface area contributed by atoms with E-state index in [0.29, 0.717) is 36.2 Å². The van der Waals surface area contributed by atoms with Crippen LogP contribution in [-0.4, -0.2) is 70.9 Å². The minimum Gasteiger partial charge on any atom is -0.477 e. The largest absolute Gasteiger partial charge is 0.477 e. The average molecular weight is 494 g/mol. The average Bonchev–Trinajstić information content (AvgIpc) is 3.45. The van der Waals surface area contributed by atoms with Gasteiger partial charge in [-0.2, -0.15) is 0 Å². The molecule has 3 aliphatic heterocycles. The molecule has 36 heavy (non-hydrogen) atoms. The van der Waals surface area contributed by atoms with Gasteiger partial charge in [0.15, 0.2) is 11.4 Å². The van der Waals surface area contributed by atoms with Gasteiger partial charge in [0.1, 0.15) is 5.82 Å². The van der Waals surface area contributed by atoms with Crippen LogP contribution < -0.4 is 9.64 Å². The Labute approximate surface area is 212 Å². The van der Waals surface area contributed by atoms with Gasteiger partial charge in [-0.1, -0.05) is 11.2 Å². The fraction of sp³-hybridized carbons (Fsp3) is 0.571. The molecule has 0 amide bonds. The normalized spacial score (nSPS) is 27.5. The monoisotopic (exact) mass is 493 g/mol. The fourth-order valence-corrected chi connectivity index (χ4v) is 6.29. The van der Waals surface area contributed by atoms with Crippen molar-refractivity contribution in [3.05, 3.63) is 47.9 Å². The first kappa shape index (κ1) is 23.7. The van der Waals surface area contributed by atoms with Crippen molar-refractivity contribution in [3.63, 3.8) is 0 Å². The Morgan fingerprint density at radius 1 is 1.03 bits per heavy atom.